The molecule has 0 saturated carbocycles. The van der Waals surface area contributed by atoms with Crippen LogP contribution in [0.4, 0.5) is 0 Å². The number of esters is 1. The van der Waals surface area contributed by atoms with Gasteiger partial charge in [-0.1, -0.05) is 18.2 Å². The quantitative estimate of drug-likeness (QED) is 0.438. The Hall–Kier alpha value is -2.80. The first-order valence-electron chi connectivity index (χ1n) is 8.83. The van der Waals surface area contributed by atoms with Crippen LogP contribution in [0.1, 0.15) is 22.1 Å². The molecule has 4 atom stereocenters. The molecule has 0 bridgehead atoms. The third kappa shape index (κ3) is 4.84. The molecule has 2 heterocycles. The van der Waals surface area contributed by atoms with E-state index in [0.29, 0.717) is 0 Å². The fourth-order valence-corrected chi connectivity index (χ4v) is 3.64. The summed E-state index contributed by atoms with van der Waals surface area (Å²) in [4.78, 5) is 38.0. The number of aromatic nitrogens is 2. The maximum Gasteiger partial charge on any atom is 0.338 e. The Labute approximate surface area is 171 Å². The van der Waals surface area contributed by atoms with E-state index >= 15 is 0 Å². The van der Waals surface area contributed by atoms with Crippen molar-refractivity contribution in [3.63, 3.8) is 0 Å². The summed E-state index contributed by atoms with van der Waals surface area (Å²) in [7, 11) is -4.02. The minimum Gasteiger partial charge on any atom is -0.459 e. The SMILES string of the molecule is Cc1cn([C@@H]2O[C@H](COC(=O)c3ccccc3)[C@H](OS(C)(=O)=O)[C@H]2O)c(=O)[nH]c1=O. The highest BCUT2D eigenvalue weighted by Gasteiger charge is 2.48. The highest BCUT2D eigenvalue weighted by atomic mass is 32.2. The first-order chi connectivity index (χ1) is 14.1. The smallest absolute Gasteiger partial charge is 0.338 e. The highest BCUT2D eigenvalue weighted by molar-refractivity contribution is 7.86. The molecule has 1 aliphatic rings. The molecule has 0 unspecified atom stereocenters. The molecular formula is C18H20N2O9S. The number of ether oxygens (including phenoxy) is 2. The molecule has 1 fully saturated rings. The summed E-state index contributed by atoms with van der Waals surface area (Å²) in [6.07, 6.45) is -3.68. The van der Waals surface area contributed by atoms with Gasteiger partial charge in [0, 0.05) is 11.8 Å². The van der Waals surface area contributed by atoms with Crippen molar-refractivity contribution in [2.24, 2.45) is 0 Å². The highest BCUT2D eigenvalue weighted by Crippen LogP contribution is 2.31. The Kier molecular flexibility index (Phi) is 6.22. The minimum absolute atomic E-state index is 0.171. The van der Waals surface area contributed by atoms with Crippen LogP contribution in [-0.4, -0.2) is 60.2 Å². The summed E-state index contributed by atoms with van der Waals surface area (Å²) in [6.45, 7) is 0.998. The number of nitrogens with zero attached hydrogens (tertiary/aromatic N) is 1. The zero-order valence-electron chi connectivity index (χ0n) is 16.0. The van der Waals surface area contributed by atoms with Crippen molar-refractivity contribution in [1.29, 1.82) is 0 Å². The Balaban J connectivity index is 1.85. The van der Waals surface area contributed by atoms with Crippen LogP contribution in [0.5, 0.6) is 0 Å². The molecule has 2 N–H and O–H groups in total. The Bertz CT molecular complexity index is 1140. The Morgan fingerprint density at radius 2 is 1.93 bits per heavy atom. The molecule has 0 aliphatic carbocycles. The lowest BCUT2D eigenvalue weighted by atomic mass is 10.1. The molecule has 0 amide bonds. The summed E-state index contributed by atoms with van der Waals surface area (Å²) in [5.41, 5.74) is -1.04. The van der Waals surface area contributed by atoms with Gasteiger partial charge in [0.2, 0.25) is 0 Å². The van der Waals surface area contributed by atoms with E-state index in [0.717, 1.165) is 10.8 Å². The number of hydrogen-bond acceptors (Lipinski definition) is 9. The standard InChI is InChI=1S/C18H20N2O9S/c1-10-8-20(18(24)19-15(10)22)16-13(21)14(29-30(2,25)26)12(28-16)9-27-17(23)11-6-4-3-5-7-11/h3-8,12-14,16,21H,9H2,1-2H3,(H,19,22,24)/t12-,13-,14+,16-/m1/s1. The molecular weight excluding hydrogens is 420 g/mol. The van der Waals surface area contributed by atoms with Gasteiger partial charge in [0.15, 0.2) is 6.23 Å². The van der Waals surface area contributed by atoms with Gasteiger partial charge in [-0.05, 0) is 19.1 Å². The van der Waals surface area contributed by atoms with E-state index in [4.69, 9.17) is 13.7 Å². The average molecular weight is 440 g/mol. The van der Waals surface area contributed by atoms with Gasteiger partial charge in [-0.2, -0.15) is 8.42 Å². The fourth-order valence-electron chi connectivity index (χ4n) is 2.99. The van der Waals surface area contributed by atoms with Gasteiger partial charge in [0.05, 0.1) is 11.8 Å². The minimum atomic E-state index is -4.02. The van der Waals surface area contributed by atoms with Gasteiger partial charge >= 0.3 is 11.7 Å². The number of hydrogen-bond donors (Lipinski definition) is 2. The molecule has 1 aliphatic heterocycles. The number of nitrogens with one attached hydrogen (secondary N) is 1. The van der Waals surface area contributed by atoms with E-state index in [1.54, 1.807) is 18.2 Å². The molecule has 12 heteroatoms. The number of aliphatic hydroxyl groups is 1. The zero-order chi connectivity index (χ0) is 22.1. The van der Waals surface area contributed by atoms with Crippen molar-refractivity contribution in [2.75, 3.05) is 12.9 Å². The van der Waals surface area contributed by atoms with Gasteiger partial charge in [-0.15, -0.1) is 0 Å². The predicted octanol–water partition coefficient (Wildman–Crippen LogP) is -0.695. The second-order valence-electron chi connectivity index (χ2n) is 6.76. The number of rotatable bonds is 6. The Morgan fingerprint density at radius 3 is 2.57 bits per heavy atom. The topological polar surface area (TPSA) is 154 Å². The number of carbonyl (C=O) groups excluding carboxylic acids is 1. The number of aromatic amines is 1. The van der Waals surface area contributed by atoms with Crippen LogP contribution in [0.15, 0.2) is 46.1 Å². The van der Waals surface area contributed by atoms with Crippen molar-refractivity contribution in [3.8, 4) is 0 Å². The van der Waals surface area contributed by atoms with Crippen molar-refractivity contribution < 1.29 is 32.0 Å². The van der Waals surface area contributed by atoms with Crippen molar-refractivity contribution in [1.82, 2.24) is 9.55 Å². The van der Waals surface area contributed by atoms with E-state index in [9.17, 15) is 27.9 Å². The van der Waals surface area contributed by atoms with Crippen LogP contribution in [-0.2, 0) is 23.8 Å². The first kappa shape index (κ1) is 21.9. The summed E-state index contributed by atoms with van der Waals surface area (Å²) in [5, 5.41) is 10.6. The van der Waals surface area contributed by atoms with Gasteiger partial charge < -0.3 is 14.6 Å². The third-order valence-corrected chi connectivity index (χ3v) is 4.98. The molecule has 2 aromatic rings. The lowest BCUT2D eigenvalue weighted by Crippen LogP contribution is -2.40. The number of H-pyrrole nitrogens is 1. The molecule has 11 nitrogen and oxygen atoms in total. The van der Waals surface area contributed by atoms with Crippen LogP contribution in [0.25, 0.3) is 0 Å². The van der Waals surface area contributed by atoms with Gasteiger partial charge in [-0.25, -0.2) is 9.59 Å². The van der Waals surface area contributed by atoms with E-state index < -0.39 is 58.5 Å². The van der Waals surface area contributed by atoms with E-state index in [1.807, 2.05) is 0 Å². The normalized spacial score (nSPS) is 24.0. The summed E-state index contributed by atoms with van der Waals surface area (Å²) < 4.78 is 39.9. The predicted molar refractivity (Wildman–Crippen MR) is 102 cm³/mol. The summed E-state index contributed by atoms with van der Waals surface area (Å²) >= 11 is 0. The number of aliphatic hydroxyl groups excluding tert-OH is 1. The largest absolute Gasteiger partial charge is 0.459 e. The second kappa shape index (κ2) is 8.52. The molecule has 162 valence electrons. The van der Waals surface area contributed by atoms with Crippen LogP contribution < -0.4 is 11.2 Å². The number of carbonyl (C=O) groups is 1. The maximum atomic E-state index is 12.2. The summed E-state index contributed by atoms with van der Waals surface area (Å²) in [5.74, 6) is -0.688. The molecule has 0 radical (unpaired) electrons. The maximum absolute atomic E-state index is 12.2. The molecule has 1 saturated heterocycles. The van der Waals surface area contributed by atoms with Crippen LogP contribution >= 0.6 is 0 Å². The van der Waals surface area contributed by atoms with Crippen molar-refractivity contribution in [2.45, 2.75) is 31.5 Å². The molecule has 3 rings (SSSR count). The van der Waals surface area contributed by atoms with E-state index in [-0.39, 0.29) is 11.1 Å². The van der Waals surface area contributed by atoms with E-state index in [1.165, 1.54) is 25.3 Å². The first-order valence-corrected chi connectivity index (χ1v) is 10.6. The summed E-state index contributed by atoms with van der Waals surface area (Å²) in [6, 6.07) is 8.06. The van der Waals surface area contributed by atoms with Gasteiger partial charge in [0.25, 0.3) is 15.7 Å². The van der Waals surface area contributed by atoms with Crippen molar-refractivity contribution in [3.05, 3.63) is 68.5 Å². The monoisotopic (exact) mass is 440 g/mol. The van der Waals surface area contributed by atoms with Gasteiger partial charge in [-0.3, -0.25) is 18.5 Å². The molecule has 0 spiro atoms. The van der Waals surface area contributed by atoms with Crippen LogP contribution in [0.3, 0.4) is 0 Å². The van der Waals surface area contributed by atoms with E-state index in [2.05, 4.69) is 4.98 Å². The lowest BCUT2D eigenvalue weighted by Gasteiger charge is -2.19. The molecule has 1 aromatic carbocycles. The third-order valence-electron chi connectivity index (χ3n) is 4.40. The molecule has 30 heavy (non-hydrogen) atoms. The van der Waals surface area contributed by atoms with Crippen LogP contribution in [0.2, 0.25) is 0 Å². The number of aryl methyl sites for hydroxylation is 1. The average Bonchev–Trinajstić information content (AvgIpc) is 2.97. The lowest BCUT2D eigenvalue weighted by molar-refractivity contribution is -0.0590. The Morgan fingerprint density at radius 1 is 1.27 bits per heavy atom. The van der Waals surface area contributed by atoms with Crippen molar-refractivity contribution >= 4 is 16.1 Å². The van der Waals surface area contributed by atoms with Gasteiger partial charge in [0.1, 0.15) is 24.9 Å². The second-order valence-corrected chi connectivity index (χ2v) is 8.36. The number of benzene rings is 1. The fraction of sp³-hybridized carbons (Fsp3) is 0.389. The molecule has 1 aromatic heterocycles. The van der Waals surface area contributed by atoms with Crippen LogP contribution in [0, 0.1) is 6.92 Å². The zero-order valence-corrected chi connectivity index (χ0v) is 16.9.